The predicted octanol–water partition coefficient (Wildman–Crippen LogP) is 3.96. The zero-order valence-corrected chi connectivity index (χ0v) is 17.5. The summed E-state index contributed by atoms with van der Waals surface area (Å²) in [6.07, 6.45) is 1.44. The lowest BCUT2D eigenvalue weighted by molar-refractivity contribution is 0.122. The minimum atomic E-state index is -3.80. The third kappa shape index (κ3) is 3.90. The fourth-order valence-corrected chi connectivity index (χ4v) is 5.01. The first kappa shape index (κ1) is 19.9. The summed E-state index contributed by atoms with van der Waals surface area (Å²) in [5.74, 6) is 0.678. The van der Waals surface area contributed by atoms with Crippen LogP contribution in [0.2, 0.25) is 5.02 Å². The number of fused-ring (bicyclic) bond motifs is 1. The van der Waals surface area contributed by atoms with E-state index in [1.165, 1.54) is 18.3 Å². The van der Waals surface area contributed by atoms with Crippen LogP contribution < -0.4 is 9.64 Å². The van der Waals surface area contributed by atoms with E-state index >= 15 is 0 Å². The van der Waals surface area contributed by atoms with Gasteiger partial charge in [0.1, 0.15) is 10.6 Å². The molecule has 1 fully saturated rings. The van der Waals surface area contributed by atoms with Crippen molar-refractivity contribution in [1.82, 2.24) is 4.98 Å². The number of aromatic nitrogens is 1. The maximum Gasteiger partial charge on any atom is 0.210 e. The molecule has 2 heterocycles. The maximum absolute atomic E-state index is 13.5. The fraction of sp³-hybridized carbons (Fsp3) is 0.286. The molecule has 29 heavy (non-hydrogen) atoms. The Balaban J connectivity index is 1.95. The predicted molar refractivity (Wildman–Crippen MR) is 113 cm³/mol. The zero-order valence-electron chi connectivity index (χ0n) is 16.0. The van der Waals surface area contributed by atoms with E-state index in [1.54, 1.807) is 12.1 Å². The molecule has 1 saturated heterocycles. The Bertz CT molecular complexity index is 1130. The first-order chi connectivity index (χ1) is 14.0. The van der Waals surface area contributed by atoms with E-state index in [9.17, 15) is 8.42 Å². The van der Waals surface area contributed by atoms with Crippen LogP contribution in [0.4, 0.5) is 5.69 Å². The van der Waals surface area contributed by atoms with E-state index < -0.39 is 9.84 Å². The van der Waals surface area contributed by atoms with Crippen LogP contribution in [0.25, 0.3) is 10.9 Å². The van der Waals surface area contributed by atoms with Crippen molar-refractivity contribution in [3.05, 3.63) is 53.7 Å². The Morgan fingerprint density at radius 2 is 1.86 bits per heavy atom. The monoisotopic (exact) mass is 432 g/mol. The largest absolute Gasteiger partial charge is 0.494 e. The summed E-state index contributed by atoms with van der Waals surface area (Å²) < 4.78 is 38.1. The van der Waals surface area contributed by atoms with Gasteiger partial charge in [0, 0.05) is 29.7 Å². The first-order valence-electron chi connectivity index (χ1n) is 9.39. The standard InChI is InChI=1S/C21H21ClN2O4S/c1-2-28-16-5-8-19-18(13-16)21(24-9-11-27-12-10-24)20(14-23-19)29(25,26)17-6-3-15(22)4-7-17/h3-8,13-14H,2,9-12H2,1H3. The number of pyridine rings is 1. The number of morpholine rings is 1. The minimum Gasteiger partial charge on any atom is -0.494 e. The summed E-state index contributed by atoms with van der Waals surface area (Å²) in [5.41, 5.74) is 1.35. The molecule has 0 atom stereocenters. The van der Waals surface area contributed by atoms with Crippen LogP contribution >= 0.6 is 11.6 Å². The Morgan fingerprint density at radius 3 is 2.55 bits per heavy atom. The number of hydrogen-bond acceptors (Lipinski definition) is 6. The van der Waals surface area contributed by atoms with E-state index in [4.69, 9.17) is 21.1 Å². The van der Waals surface area contributed by atoms with Gasteiger partial charge in [-0.3, -0.25) is 4.98 Å². The van der Waals surface area contributed by atoms with Crippen LogP contribution in [-0.2, 0) is 14.6 Å². The van der Waals surface area contributed by atoms with Crippen molar-refractivity contribution in [3.63, 3.8) is 0 Å². The zero-order chi connectivity index (χ0) is 20.4. The van der Waals surface area contributed by atoms with E-state index in [-0.39, 0.29) is 9.79 Å². The van der Waals surface area contributed by atoms with Crippen LogP contribution in [0.5, 0.6) is 5.75 Å². The smallest absolute Gasteiger partial charge is 0.210 e. The van der Waals surface area contributed by atoms with Gasteiger partial charge in [0.05, 0.1) is 35.9 Å². The summed E-state index contributed by atoms with van der Waals surface area (Å²) in [7, 11) is -3.80. The number of halogens is 1. The van der Waals surface area contributed by atoms with Gasteiger partial charge in [0.25, 0.3) is 0 Å². The Morgan fingerprint density at radius 1 is 1.14 bits per heavy atom. The van der Waals surface area contributed by atoms with Gasteiger partial charge in [-0.25, -0.2) is 8.42 Å². The molecule has 0 aliphatic carbocycles. The summed E-state index contributed by atoms with van der Waals surface area (Å²) >= 11 is 5.94. The van der Waals surface area contributed by atoms with Crippen molar-refractivity contribution in [3.8, 4) is 5.75 Å². The highest BCUT2D eigenvalue weighted by Gasteiger charge is 2.28. The molecule has 152 valence electrons. The molecule has 0 bridgehead atoms. The second-order valence-corrected chi connectivity index (χ2v) is 8.99. The highest BCUT2D eigenvalue weighted by atomic mass is 35.5. The molecular formula is C21H21ClN2O4S. The summed E-state index contributed by atoms with van der Waals surface area (Å²) in [4.78, 5) is 6.82. The molecule has 4 rings (SSSR count). The highest BCUT2D eigenvalue weighted by molar-refractivity contribution is 7.91. The number of rotatable bonds is 5. The fourth-order valence-electron chi connectivity index (χ4n) is 3.45. The summed E-state index contributed by atoms with van der Waals surface area (Å²) in [6.45, 7) is 4.70. The van der Waals surface area contributed by atoms with E-state index in [1.807, 2.05) is 30.0 Å². The average Bonchev–Trinajstić information content (AvgIpc) is 2.74. The molecule has 6 nitrogen and oxygen atoms in total. The summed E-state index contributed by atoms with van der Waals surface area (Å²) in [5, 5.41) is 1.23. The molecule has 2 aromatic carbocycles. The van der Waals surface area contributed by atoms with Crippen molar-refractivity contribution in [2.45, 2.75) is 16.7 Å². The topological polar surface area (TPSA) is 68.7 Å². The van der Waals surface area contributed by atoms with E-state index in [0.29, 0.717) is 54.9 Å². The third-order valence-corrected chi connectivity index (χ3v) is 6.85. The van der Waals surface area contributed by atoms with Crippen molar-refractivity contribution >= 4 is 38.0 Å². The third-order valence-electron chi connectivity index (χ3n) is 4.83. The van der Waals surface area contributed by atoms with Crippen LogP contribution in [0, 0.1) is 0 Å². The molecule has 1 aromatic heterocycles. The van der Waals surface area contributed by atoms with Gasteiger partial charge in [-0.15, -0.1) is 0 Å². The van der Waals surface area contributed by atoms with Gasteiger partial charge in [-0.1, -0.05) is 11.6 Å². The van der Waals surface area contributed by atoms with Gasteiger partial charge in [-0.05, 0) is 49.4 Å². The first-order valence-corrected chi connectivity index (χ1v) is 11.3. The van der Waals surface area contributed by atoms with Crippen LogP contribution in [-0.4, -0.2) is 46.3 Å². The molecule has 1 aliphatic rings. The second kappa shape index (κ2) is 8.18. The van der Waals surface area contributed by atoms with Gasteiger partial charge in [0.2, 0.25) is 9.84 Å². The van der Waals surface area contributed by atoms with E-state index in [2.05, 4.69) is 4.98 Å². The van der Waals surface area contributed by atoms with Crippen LogP contribution in [0.15, 0.2) is 58.5 Å². The number of nitrogens with zero attached hydrogens (tertiary/aromatic N) is 2. The molecule has 3 aromatic rings. The molecule has 0 amide bonds. The Labute approximate surface area is 174 Å². The average molecular weight is 433 g/mol. The maximum atomic E-state index is 13.5. The number of benzene rings is 2. The van der Waals surface area contributed by atoms with Crippen molar-refractivity contribution < 1.29 is 17.9 Å². The van der Waals surface area contributed by atoms with Gasteiger partial charge in [0.15, 0.2) is 0 Å². The highest BCUT2D eigenvalue weighted by Crippen LogP contribution is 2.37. The lowest BCUT2D eigenvalue weighted by atomic mass is 10.1. The second-order valence-electron chi connectivity index (χ2n) is 6.64. The molecule has 8 heteroatoms. The van der Waals surface area contributed by atoms with Gasteiger partial charge in [-0.2, -0.15) is 0 Å². The van der Waals surface area contributed by atoms with Crippen LogP contribution in [0.3, 0.4) is 0 Å². The van der Waals surface area contributed by atoms with E-state index in [0.717, 1.165) is 5.39 Å². The lowest BCUT2D eigenvalue weighted by Crippen LogP contribution is -2.37. The van der Waals surface area contributed by atoms with Crippen molar-refractivity contribution in [2.24, 2.45) is 0 Å². The van der Waals surface area contributed by atoms with Crippen LogP contribution in [0.1, 0.15) is 6.92 Å². The van der Waals surface area contributed by atoms with Gasteiger partial charge < -0.3 is 14.4 Å². The molecule has 1 aliphatic heterocycles. The summed E-state index contributed by atoms with van der Waals surface area (Å²) in [6, 6.07) is 11.7. The minimum absolute atomic E-state index is 0.169. The molecule has 0 radical (unpaired) electrons. The lowest BCUT2D eigenvalue weighted by Gasteiger charge is -2.31. The molecule has 0 saturated carbocycles. The SMILES string of the molecule is CCOc1ccc2ncc(S(=O)(=O)c3ccc(Cl)cc3)c(N3CCOCC3)c2c1. The van der Waals surface area contributed by atoms with Crippen molar-refractivity contribution in [1.29, 1.82) is 0 Å². The quantitative estimate of drug-likeness (QED) is 0.608. The Hall–Kier alpha value is -2.35. The number of hydrogen-bond donors (Lipinski definition) is 0. The van der Waals surface area contributed by atoms with Gasteiger partial charge >= 0.3 is 0 Å². The molecular weight excluding hydrogens is 412 g/mol. The normalized spacial score (nSPS) is 14.9. The molecule has 0 unspecified atom stereocenters. The number of sulfone groups is 1. The number of anilines is 1. The number of ether oxygens (including phenoxy) is 2. The molecule has 0 N–H and O–H groups in total. The van der Waals surface area contributed by atoms with Crippen molar-refractivity contribution in [2.75, 3.05) is 37.8 Å². The molecule has 0 spiro atoms. The Kier molecular flexibility index (Phi) is 5.63.